The van der Waals surface area contributed by atoms with E-state index in [1.54, 1.807) is 0 Å². The molecule has 0 bridgehead atoms. The number of fused-ring (bicyclic) bond motifs is 12. The number of hydrogen-bond acceptors (Lipinski definition) is 0. The van der Waals surface area contributed by atoms with Crippen LogP contribution in [0.25, 0.3) is 65.7 Å². The second kappa shape index (κ2) is 8.23. The first kappa shape index (κ1) is 24.9. The first-order chi connectivity index (χ1) is 20.7. The van der Waals surface area contributed by atoms with Gasteiger partial charge >= 0.3 is 0 Å². The third-order valence-corrected chi connectivity index (χ3v) is 10.7. The summed E-state index contributed by atoms with van der Waals surface area (Å²) in [7, 11) is 0. The predicted octanol–water partition coefficient (Wildman–Crippen LogP) is 11.7. The molecule has 0 unspecified atom stereocenters. The first-order valence-corrected chi connectivity index (χ1v) is 15.5. The number of benzene rings is 7. The third-order valence-electron chi connectivity index (χ3n) is 10.7. The Balaban J connectivity index is 1.23. The second-order valence-corrected chi connectivity index (χ2v) is 13.9. The van der Waals surface area contributed by atoms with Gasteiger partial charge in [0.1, 0.15) is 0 Å². The summed E-state index contributed by atoms with van der Waals surface area (Å²) in [6.45, 7) is 11.8. The highest BCUT2D eigenvalue weighted by atomic mass is 14.4. The molecule has 0 aromatic heterocycles. The molecule has 7 aromatic carbocycles. The van der Waals surface area contributed by atoms with Gasteiger partial charge in [-0.1, -0.05) is 124 Å². The molecule has 0 amide bonds. The second-order valence-electron chi connectivity index (χ2n) is 13.9. The molecule has 7 aromatic rings. The molecule has 0 saturated heterocycles. The zero-order valence-electron chi connectivity index (χ0n) is 25.5. The molecule has 0 fully saturated rings. The van der Waals surface area contributed by atoms with E-state index < -0.39 is 0 Å². The minimum atomic E-state index is -0.0919. The molecule has 0 heteroatoms. The van der Waals surface area contributed by atoms with Crippen LogP contribution in [0.15, 0.2) is 115 Å². The highest BCUT2D eigenvalue weighted by molar-refractivity contribution is 6.26. The van der Waals surface area contributed by atoms with Gasteiger partial charge in [-0.3, -0.25) is 0 Å². The maximum absolute atomic E-state index is 2.50. The zero-order chi connectivity index (χ0) is 29.2. The van der Waals surface area contributed by atoms with Crippen LogP contribution in [-0.2, 0) is 10.8 Å². The van der Waals surface area contributed by atoms with Gasteiger partial charge in [0, 0.05) is 10.8 Å². The van der Waals surface area contributed by atoms with E-state index in [1.165, 1.54) is 93.5 Å². The Morgan fingerprint density at radius 2 is 0.744 bits per heavy atom. The van der Waals surface area contributed by atoms with Gasteiger partial charge in [0.25, 0.3) is 0 Å². The molecule has 206 valence electrons. The Labute approximate surface area is 253 Å². The minimum absolute atomic E-state index is 0.00934. The Kier molecular flexibility index (Phi) is 4.76. The van der Waals surface area contributed by atoms with Crippen LogP contribution in [-0.4, -0.2) is 0 Å². The Hall–Kier alpha value is -4.68. The summed E-state index contributed by atoms with van der Waals surface area (Å²) >= 11 is 0. The van der Waals surface area contributed by atoms with E-state index in [-0.39, 0.29) is 10.8 Å². The standard InChI is InChI=1S/C43H34/c1-25-14-17-32-33-18-15-26(21-39(33)42(2,3)38(32)20-25)27-16-19-34-37-23-35-30-12-8-6-10-28(30)29-11-7-9-13-31(29)36(35)24-41(37)43(4,5)40(34)22-27/h6-24H,1-5H3. The lowest BCUT2D eigenvalue weighted by atomic mass is 9.79. The van der Waals surface area contributed by atoms with Crippen LogP contribution >= 0.6 is 0 Å². The van der Waals surface area contributed by atoms with Gasteiger partial charge < -0.3 is 0 Å². The van der Waals surface area contributed by atoms with Crippen LogP contribution in [0.3, 0.4) is 0 Å². The van der Waals surface area contributed by atoms with Gasteiger partial charge in [0.15, 0.2) is 0 Å². The average Bonchev–Trinajstić information content (AvgIpc) is 3.38. The molecular weight excluding hydrogens is 516 g/mol. The maximum Gasteiger partial charge on any atom is 0.0159 e. The van der Waals surface area contributed by atoms with Crippen LogP contribution in [0.4, 0.5) is 0 Å². The normalized spacial score (nSPS) is 15.5. The monoisotopic (exact) mass is 550 g/mol. The van der Waals surface area contributed by atoms with Gasteiger partial charge in [0.05, 0.1) is 0 Å². The number of rotatable bonds is 1. The van der Waals surface area contributed by atoms with Gasteiger partial charge in [-0.15, -0.1) is 0 Å². The molecule has 0 nitrogen and oxygen atoms in total. The van der Waals surface area contributed by atoms with E-state index in [1.807, 2.05) is 0 Å². The van der Waals surface area contributed by atoms with E-state index >= 15 is 0 Å². The van der Waals surface area contributed by atoms with Crippen molar-refractivity contribution in [1.82, 2.24) is 0 Å². The number of hydrogen-bond donors (Lipinski definition) is 0. The van der Waals surface area contributed by atoms with E-state index in [0.29, 0.717) is 0 Å². The van der Waals surface area contributed by atoms with Crippen molar-refractivity contribution < 1.29 is 0 Å². The summed E-state index contributed by atoms with van der Waals surface area (Å²) in [5.74, 6) is 0. The molecule has 2 aliphatic carbocycles. The van der Waals surface area contributed by atoms with Crippen molar-refractivity contribution in [3.8, 4) is 33.4 Å². The molecule has 0 saturated carbocycles. The van der Waals surface area contributed by atoms with Gasteiger partial charge in [-0.25, -0.2) is 0 Å². The molecule has 0 atom stereocenters. The summed E-state index contributed by atoms with van der Waals surface area (Å²) < 4.78 is 0. The highest BCUT2D eigenvalue weighted by Gasteiger charge is 2.38. The quantitative estimate of drug-likeness (QED) is 0.178. The number of aryl methyl sites for hydroxylation is 1. The summed E-state index contributed by atoms with van der Waals surface area (Å²) in [4.78, 5) is 0. The molecule has 0 spiro atoms. The molecule has 0 radical (unpaired) electrons. The average molecular weight is 551 g/mol. The van der Waals surface area contributed by atoms with Crippen LogP contribution < -0.4 is 0 Å². The molecule has 2 aliphatic rings. The highest BCUT2D eigenvalue weighted by Crippen LogP contribution is 2.53. The Morgan fingerprint density at radius 1 is 0.349 bits per heavy atom. The van der Waals surface area contributed by atoms with Crippen molar-refractivity contribution in [2.24, 2.45) is 0 Å². The lowest BCUT2D eigenvalue weighted by Crippen LogP contribution is -2.15. The maximum atomic E-state index is 2.50. The summed E-state index contributed by atoms with van der Waals surface area (Å²) in [5, 5.41) is 8.02. The lowest BCUT2D eigenvalue weighted by molar-refractivity contribution is 0.659. The molecule has 0 N–H and O–H groups in total. The third kappa shape index (κ3) is 3.22. The lowest BCUT2D eigenvalue weighted by Gasteiger charge is -2.24. The van der Waals surface area contributed by atoms with E-state index in [2.05, 4.69) is 150 Å². The van der Waals surface area contributed by atoms with Crippen molar-refractivity contribution in [1.29, 1.82) is 0 Å². The Morgan fingerprint density at radius 3 is 1.28 bits per heavy atom. The fraction of sp³-hybridized carbons (Fsp3) is 0.163. The van der Waals surface area contributed by atoms with Crippen molar-refractivity contribution in [2.45, 2.75) is 45.4 Å². The van der Waals surface area contributed by atoms with E-state index in [4.69, 9.17) is 0 Å². The van der Waals surface area contributed by atoms with Crippen molar-refractivity contribution in [3.05, 3.63) is 143 Å². The summed E-state index contributed by atoms with van der Waals surface area (Å²) in [6, 6.07) is 44.0. The van der Waals surface area contributed by atoms with Crippen LogP contribution in [0.5, 0.6) is 0 Å². The topological polar surface area (TPSA) is 0 Å². The molecule has 0 aliphatic heterocycles. The van der Waals surface area contributed by atoms with Crippen molar-refractivity contribution in [2.75, 3.05) is 0 Å². The largest absolute Gasteiger partial charge is 0.0616 e. The van der Waals surface area contributed by atoms with Crippen LogP contribution in [0.1, 0.15) is 55.5 Å². The van der Waals surface area contributed by atoms with Gasteiger partial charge in [-0.05, 0) is 119 Å². The van der Waals surface area contributed by atoms with E-state index in [0.717, 1.165) is 0 Å². The van der Waals surface area contributed by atoms with Crippen molar-refractivity contribution in [3.63, 3.8) is 0 Å². The predicted molar refractivity (Wildman–Crippen MR) is 184 cm³/mol. The molecule has 0 heterocycles. The molecule has 43 heavy (non-hydrogen) atoms. The smallest absolute Gasteiger partial charge is 0.0159 e. The summed E-state index contributed by atoms with van der Waals surface area (Å²) in [5.41, 5.74) is 15.0. The SMILES string of the molecule is Cc1ccc2c(c1)C(C)(C)c1cc(-c3ccc4c(c3)C(C)(C)c3cc5c6ccccc6c6ccccc6c5cc3-4)ccc1-2. The summed E-state index contributed by atoms with van der Waals surface area (Å²) in [6.07, 6.45) is 0. The fourth-order valence-electron chi connectivity index (χ4n) is 8.34. The van der Waals surface area contributed by atoms with Gasteiger partial charge in [-0.2, -0.15) is 0 Å². The van der Waals surface area contributed by atoms with Gasteiger partial charge in [0.2, 0.25) is 0 Å². The zero-order valence-corrected chi connectivity index (χ0v) is 25.5. The van der Waals surface area contributed by atoms with Crippen LogP contribution in [0, 0.1) is 6.92 Å². The first-order valence-electron chi connectivity index (χ1n) is 15.5. The van der Waals surface area contributed by atoms with Crippen LogP contribution in [0.2, 0.25) is 0 Å². The molecular formula is C43H34. The van der Waals surface area contributed by atoms with Crippen molar-refractivity contribution >= 4 is 32.3 Å². The fourth-order valence-corrected chi connectivity index (χ4v) is 8.34. The van der Waals surface area contributed by atoms with E-state index in [9.17, 15) is 0 Å². The Bertz CT molecular complexity index is 2340. The minimum Gasteiger partial charge on any atom is -0.0616 e. The molecule has 9 rings (SSSR count).